The predicted octanol–water partition coefficient (Wildman–Crippen LogP) is 1.97. The van der Waals surface area contributed by atoms with Crippen molar-refractivity contribution in [3.8, 4) is 0 Å². The van der Waals surface area contributed by atoms with E-state index in [0.29, 0.717) is 12.6 Å². The number of nitrogens with zero attached hydrogens (tertiary/aromatic N) is 3. The molecule has 21 heavy (non-hydrogen) atoms. The summed E-state index contributed by atoms with van der Waals surface area (Å²) in [7, 11) is 2.02. The average Bonchev–Trinajstić information content (AvgIpc) is 2.77. The molecule has 5 nitrogen and oxygen atoms in total. The van der Waals surface area contributed by atoms with Crippen LogP contribution in [0.15, 0.2) is 0 Å². The molecule has 1 saturated carbocycles. The SMILES string of the molecule is CCNCc1c(C)nn(C)c1N(CCO)C1CCCCC1. The molecule has 5 heteroatoms. The van der Waals surface area contributed by atoms with E-state index in [1.165, 1.54) is 43.5 Å². The molecule has 0 spiro atoms. The lowest BCUT2D eigenvalue weighted by Gasteiger charge is -2.36. The van der Waals surface area contributed by atoms with Gasteiger partial charge in [0.1, 0.15) is 5.82 Å². The Kier molecular flexibility index (Phi) is 6.06. The third-order valence-electron chi connectivity index (χ3n) is 4.49. The summed E-state index contributed by atoms with van der Waals surface area (Å²) in [6, 6.07) is 0.543. The second-order valence-electron chi connectivity index (χ2n) is 6.00. The summed E-state index contributed by atoms with van der Waals surface area (Å²) < 4.78 is 1.99. The molecule has 0 aliphatic heterocycles. The highest BCUT2D eigenvalue weighted by Crippen LogP contribution is 2.30. The smallest absolute Gasteiger partial charge is 0.131 e. The minimum Gasteiger partial charge on any atom is -0.395 e. The van der Waals surface area contributed by atoms with E-state index in [2.05, 4.69) is 29.2 Å². The van der Waals surface area contributed by atoms with Crippen LogP contribution in [-0.2, 0) is 13.6 Å². The molecule has 120 valence electrons. The van der Waals surface area contributed by atoms with Gasteiger partial charge in [0.05, 0.1) is 12.3 Å². The minimum absolute atomic E-state index is 0.196. The molecule has 1 aromatic heterocycles. The molecule has 1 aliphatic carbocycles. The molecule has 1 fully saturated rings. The zero-order valence-electron chi connectivity index (χ0n) is 13.7. The Bertz CT molecular complexity index is 438. The zero-order valence-corrected chi connectivity index (χ0v) is 13.7. The Morgan fingerprint density at radius 1 is 1.33 bits per heavy atom. The Balaban J connectivity index is 2.29. The quantitative estimate of drug-likeness (QED) is 0.807. The fraction of sp³-hybridized carbons (Fsp3) is 0.812. The van der Waals surface area contributed by atoms with E-state index < -0.39 is 0 Å². The van der Waals surface area contributed by atoms with Crippen molar-refractivity contribution in [1.82, 2.24) is 15.1 Å². The van der Waals surface area contributed by atoms with Gasteiger partial charge in [-0.15, -0.1) is 0 Å². The maximum Gasteiger partial charge on any atom is 0.131 e. The van der Waals surface area contributed by atoms with Gasteiger partial charge in [-0.1, -0.05) is 26.2 Å². The zero-order chi connectivity index (χ0) is 15.2. The number of aliphatic hydroxyl groups excluding tert-OH is 1. The molecule has 0 bridgehead atoms. The number of hydrogen-bond donors (Lipinski definition) is 2. The van der Waals surface area contributed by atoms with Crippen molar-refractivity contribution in [2.45, 2.75) is 58.5 Å². The third-order valence-corrected chi connectivity index (χ3v) is 4.49. The van der Waals surface area contributed by atoms with Gasteiger partial charge in [-0.2, -0.15) is 5.10 Å². The highest BCUT2D eigenvalue weighted by molar-refractivity contribution is 5.51. The second kappa shape index (κ2) is 7.80. The number of aryl methyl sites for hydroxylation is 2. The number of aliphatic hydroxyl groups is 1. The molecular formula is C16H30N4O. The first-order valence-corrected chi connectivity index (χ1v) is 8.29. The van der Waals surface area contributed by atoms with E-state index >= 15 is 0 Å². The standard InChI is InChI=1S/C16H30N4O/c1-4-17-12-15-13(2)18-19(3)16(15)20(10-11-21)14-8-6-5-7-9-14/h14,17,21H,4-12H2,1-3H3. The van der Waals surface area contributed by atoms with Gasteiger partial charge >= 0.3 is 0 Å². The van der Waals surface area contributed by atoms with Crippen molar-refractivity contribution >= 4 is 5.82 Å². The summed E-state index contributed by atoms with van der Waals surface area (Å²) in [5.41, 5.74) is 2.37. The van der Waals surface area contributed by atoms with Crippen LogP contribution in [0.25, 0.3) is 0 Å². The first kappa shape index (κ1) is 16.3. The van der Waals surface area contributed by atoms with E-state index in [0.717, 1.165) is 18.8 Å². The number of hydrogen-bond acceptors (Lipinski definition) is 4. The second-order valence-corrected chi connectivity index (χ2v) is 6.00. The van der Waals surface area contributed by atoms with Crippen molar-refractivity contribution in [3.05, 3.63) is 11.3 Å². The van der Waals surface area contributed by atoms with E-state index in [1.807, 2.05) is 11.7 Å². The predicted molar refractivity (Wildman–Crippen MR) is 86.6 cm³/mol. The molecule has 2 rings (SSSR count). The van der Waals surface area contributed by atoms with Gasteiger partial charge < -0.3 is 15.3 Å². The van der Waals surface area contributed by atoms with Crippen LogP contribution in [0.4, 0.5) is 5.82 Å². The third kappa shape index (κ3) is 3.77. The van der Waals surface area contributed by atoms with Gasteiger partial charge in [0.2, 0.25) is 0 Å². The van der Waals surface area contributed by atoms with Crippen LogP contribution in [0.5, 0.6) is 0 Å². The normalized spacial score (nSPS) is 16.4. The first-order chi connectivity index (χ1) is 10.2. The number of aromatic nitrogens is 2. The average molecular weight is 294 g/mol. The van der Waals surface area contributed by atoms with Gasteiger partial charge in [-0.3, -0.25) is 4.68 Å². The number of anilines is 1. The van der Waals surface area contributed by atoms with Gasteiger partial charge in [0.15, 0.2) is 0 Å². The monoisotopic (exact) mass is 294 g/mol. The Hall–Kier alpha value is -1.07. The molecule has 0 atom stereocenters. The Morgan fingerprint density at radius 2 is 2.05 bits per heavy atom. The van der Waals surface area contributed by atoms with Gasteiger partial charge in [-0.25, -0.2) is 0 Å². The summed E-state index contributed by atoms with van der Waals surface area (Å²) in [6.07, 6.45) is 6.39. The highest BCUT2D eigenvalue weighted by atomic mass is 16.3. The van der Waals surface area contributed by atoms with E-state index in [1.54, 1.807) is 0 Å². The Morgan fingerprint density at radius 3 is 2.67 bits per heavy atom. The van der Waals surface area contributed by atoms with Crippen LogP contribution in [0.1, 0.15) is 50.3 Å². The molecule has 0 unspecified atom stereocenters. The van der Waals surface area contributed by atoms with E-state index in [9.17, 15) is 5.11 Å². The summed E-state index contributed by atoms with van der Waals surface area (Å²) >= 11 is 0. The lowest BCUT2D eigenvalue weighted by atomic mass is 9.94. The molecule has 0 amide bonds. The van der Waals surface area contributed by atoms with Crippen LogP contribution >= 0.6 is 0 Å². The summed E-state index contributed by atoms with van der Waals surface area (Å²) in [5.74, 6) is 1.19. The summed E-state index contributed by atoms with van der Waals surface area (Å²) in [4.78, 5) is 2.39. The minimum atomic E-state index is 0.196. The molecular weight excluding hydrogens is 264 g/mol. The molecule has 2 N–H and O–H groups in total. The van der Waals surface area contributed by atoms with Crippen molar-refractivity contribution in [2.75, 3.05) is 24.6 Å². The van der Waals surface area contributed by atoms with Crippen LogP contribution in [0.3, 0.4) is 0 Å². The Labute approximate surface area is 128 Å². The molecule has 1 aliphatic rings. The largest absolute Gasteiger partial charge is 0.395 e. The summed E-state index contributed by atoms with van der Waals surface area (Å²) in [5, 5.41) is 17.5. The van der Waals surface area contributed by atoms with Crippen LogP contribution in [0.2, 0.25) is 0 Å². The van der Waals surface area contributed by atoms with Crippen molar-refractivity contribution < 1.29 is 5.11 Å². The van der Waals surface area contributed by atoms with Crippen LogP contribution < -0.4 is 10.2 Å². The molecule has 0 radical (unpaired) electrons. The van der Waals surface area contributed by atoms with Crippen molar-refractivity contribution in [3.63, 3.8) is 0 Å². The fourth-order valence-corrected chi connectivity index (χ4v) is 3.47. The molecule has 0 saturated heterocycles. The van der Waals surface area contributed by atoms with E-state index in [4.69, 9.17) is 0 Å². The van der Waals surface area contributed by atoms with Gasteiger partial charge in [0.25, 0.3) is 0 Å². The number of nitrogens with one attached hydrogen (secondary N) is 1. The van der Waals surface area contributed by atoms with Crippen LogP contribution in [-0.4, -0.2) is 40.6 Å². The van der Waals surface area contributed by atoms with Crippen molar-refractivity contribution in [1.29, 1.82) is 0 Å². The topological polar surface area (TPSA) is 53.3 Å². The molecule has 1 aromatic rings. The van der Waals surface area contributed by atoms with Gasteiger partial charge in [-0.05, 0) is 26.3 Å². The van der Waals surface area contributed by atoms with E-state index in [-0.39, 0.29) is 6.61 Å². The lowest BCUT2D eigenvalue weighted by Crippen LogP contribution is -2.40. The molecule has 0 aromatic carbocycles. The highest BCUT2D eigenvalue weighted by Gasteiger charge is 2.26. The van der Waals surface area contributed by atoms with Crippen molar-refractivity contribution in [2.24, 2.45) is 7.05 Å². The first-order valence-electron chi connectivity index (χ1n) is 8.29. The molecule has 1 heterocycles. The lowest BCUT2D eigenvalue weighted by molar-refractivity contribution is 0.288. The van der Waals surface area contributed by atoms with Gasteiger partial charge in [0, 0.05) is 31.7 Å². The fourth-order valence-electron chi connectivity index (χ4n) is 3.47. The number of rotatable bonds is 7. The maximum atomic E-state index is 9.51. The maximum absolute atomic E-state index is 9.51. The van der Waals surface area contributed by atoms with Crippen LogP contribution in [0, 0.1) is 6.92 Å². The summed E-state index contributed by atoms with van der Waals surface area (Å²) in [6.45, 7) is 6.90.